The summed E-state index contributed by atoms with van der Waals surface area (Å²) in [5, 5.41) is 9.01. The maximum atomic E-state index is 9.01. The topological polar surface area (TPSA) is 36.3 Å². The van der Waals surface area contributed by atoms with Crippen molar-refractivity contribution in [2.75, 3.05) is 13.1 Å². The molecule has 1 atom stereocenters. The van der Waals surface area contributed by atoms with Gasteiger partial charge in [0.1, 0.15) is 11.9 Å². The molecule has 1 fully saturated rings. The van der Waals surface area contributed by atoms with Crippen molar-refractivity contribution in [3.8, 4) is 11.8 Å². The lowest BCUT2D eigenvalue weighted by Gasteiger charge is -2.28. The van der Waals surface area contributed by atoms with Gasteiger partial charge in [0.05, 0.1) is 12.6 Å². The molecule has 0 spiro atoms. The fourth-order valence-electron chi connectivity index (χ4n) is 3.32. The van der Waals surface area contributed by atoms with Crippen LogP contribution in [0, 0.1) is 11.3 Å². The first-order valence-corrected chi connectivity index (χ1v) is 7.22. The monoisotopic (exact) mass is 256 g/mol. The fraction of sp³-hybridized carbons (Fsp3) is 0.562. The number of ether oxygens (including phenoxy) is 1. The van der Waals surface area contributed by atoms with E-state index < -0.39 is 0 Å². The molecule has 0 saturated heterocycles. The van der Waals surface area contributed by atoms with E-state index in [0.29, 0.717) is 12.6 Å². The molecule has 3 rings (SSSR count). The lowest BCUT2D eigenvalue weighted by molar-refractivity contribution is 0.129. The minimum absolute atomic E-state index is 0.214. The summed E-state index contributed by atoms with van der Waals surface area (Å²) in [4.78, 5) is 2.32. The Morgan fingerprint density at radius 1 is 1.26 bits per heavy atom. The predicted molar refractivity (Wildman–Crippen MR) is 74.0 cm³/mol. The Labute approximate surface area is 114 Å². The van der Waals surface area contributed by atoms with E-state index in [9.17, 15) is 0 Å². The van der Waals surface area contributed by atoms with Gasteiger partial charge < -0.3 is 4.74 Å². The SMILES string of the molecule is N#CCN(CC1Cc2ccccc2O1)C1CCCC1. The molecule has 1 aliphatic heterocycles. The van der Waals surface area contributed by atoms with E-state index in [-0.39, 0.29) is 6.10 Å². The number of hydrogen-bond donors (Lipinski definition) is 0. The summed E-state index contributed by atoms with van der Waals surface area (Å²) in [5.41, 5.74) is 1.30. The summed E-state index contributed by atoms with van der Waals surface area (Å²) in [7, 11) is 0. The second kappa shape index (κ2) is 5.63. The van der Waals surface area contributed by atoms with Crippen LogP contribution in [0.25, 0.3) is 0 Å². The van der Waals surface area contributed by atoms with Crippen molar-refractivity contribution in [2.24, 2.45) is 0 Å². The van der Waals surface area contributed by atoms with E-state index in [0.717, 1.165) is 18.7 Å². The highest BCUT2D eigenvalue weighted by Gasteiger charge is 2.29. The molecule has 0 bridgehead atoms. The number of rotatable bonds is 4. The number of para-hydroxylation sites is 1. The average Bonchev–Trinajstić information content (AvgIpc) is 3.07. The Morgan fingerprint density at radius 2 is 2.05 bits per heavy atom. The van der Waals surface area contributed by atoms with Gasteiger partial charge >= 0.3 is 0 Å². The van der Waals surface area contributed by atoms with Gasteiger partial charge in [-0.05, 0) is 24.5 Å². The molecule has 100 valence electrons. The Kier molecular flexibility index (Phi) is 3.70. The first-order chi connectivity index (χ1) is 9.36. The highest BCUT2D eigenvalue weighted by Crippen LogP contribution is 2.30. The molecule has 3 nitrogen and oxygen atoms in total. The van der Waals surface area contributed by atoms with Gasteiger partial charge in [0.15, 0.2) is 0 Å². The van der Waals surface area contributed by atoms with Gasteiger partial charge in [0, 0.05) is 19.0 Å². The largest absolute Gasteiger partial charge is 0.488 e. The quantitative estimate of drug-likeness (QED) is 0.777. The number of nitrogens with zero attached hydrogens (tertiary/aromatic N) is 2. The van der Waals surface area contributed by atoms with Crippen molar-refractivity contribution in [3.05, 3.63) is 29.8 Å². The van der Waals surface area contributed by atoms with Crippen molar-refractivity contribution >= 4 is 0 Å². The number of fused-ring (bicyclic) bond motifs is 1. The van der Waals surface area contributed by atoms with E-state index in [1.165, 1.54) is 31.2 Å². The van der Waals surface area contributed by atoms with Gasteiger partial charge in [0.2, 0.25) is 0 Å². The van der Waals surface area contributed by atoms with Crippen LogP contribution in [0.4, 0.5) is 0 Å². The van der Waals surface area contributed by atoms with Crippen LogP contribution in [0.3, 0.4) is 0 Å². The predicted octanol–water partition coefficient (Wildman–Crippen LogP) is 2.76. The van der Waals surface area contributed by atoms with E-state index in [4.69, 9.17) is 10.00 Å². The number of nitriles is 1. The van der Waals surface area contributed by atoms with Crippen LogP contribution in [0.15, 0.2) is 24.3 Å². The molecule has 0 radical (unpaired) electrons. The minimum atomic E-state index is 0.214. The third kappa shape index (κ3) is 2.74. The second-order valence-corrected chi connectivity index (χ2v) is 5.58. The zero-order valence-corrected chi connectivity index (χ0v) is 11.2. The van der Waals surface area contributed by atoms with E-state index in [1.54, 1.807) is 0 Å². The third-order valence-electron chi connectivity index (χ3n) is 4.27. The van der Waals surface area contributed by atoms with Crippen LogP contribution in [-0.2, 0) is 6.42 Å². The van der Waals surface area contributed by atoms with Crippen LogP contribution in [0.5, 0.6) is 5.75 Å². The molecule has 1 unspecified atom stereocenters. The molecular formula is C16H20N2O. The van der Waals surface area contributed by atoms with Crippen molar-refractivity contribution in [1.82, 2.24) is 4.90 Å². The van der Waals surface area contributed by atoms with Gasteiger partial charge in [-0.2, -0.15) is 5.26 Å². The molecule has 1 aromatic carbocycles. The molecule has 0 N–H and O–H groups in total. The standard InChI is InChI=1S/C16H20N2O/c17-9-10-18(14-6-2-3-7-14)12-15-11-13-5-1-4-8-16(13)19-15/h1,4-5,8,14-15H,2-3,6-7,10-12H2. The molecule has 1 aromatic rings. The van der Waals surface area contributed by atoms with Crippen LogP contribution < -0.4 is 4.74 Å². The summed E-state index contributed by atoms with van der Waals surface area (Å²) in [6.07, 6.45) is 6.27. The Balaban J connectivity index is 1.63. The number of hydrogen-bond acceptors (Lipinski definition) is 3. The summed E-state index contributed by atoms with van der Waals surface area (Å²) < 4.78 is 5.99. The van der Waals surface area contributed by atoms with Gasteiger partial charge in [-0.15, -0.1) is 0 Å². The molecule has 19 heavy (non-hydrogen) atoms. The van der Waals surface area contributed by atoms with E-state index in [2.05, 4.69) is 23.1 Å². The summed E-state index contributed by atoms with van der Waals surface area (Å²) in [5.74, 6) is 1.02. The van der Waals surface area contributed by atoms with Gasteiger partial charge in [-0.1, -0.05) is 31.0 Å². The maximum absolute atomic E-state index is 9.01. The molecule has 0 amide bonds. The van der Waals surface area contributed by atoms with E-state index in [1.807, 2.05) is 12.1 Å². The minimum Gasteiger partial charge on any atom is -0.488 e. The normalized spacial score (nSPS) is 22.2. The number of benzene rings is 1. The van der Waals surface area contributed by atoms with Crippen molar-refractivity contribution in [1.29, 1.82) is 5.26 Å². The average molecular weight is 256 g/mol. The first-order valence-electron chi connectivity index (χ1n) is 7.22. The lowest BCUT2D eigenvalue weighted by Crippen LogP contribution is -2.41. The lowest BCUT2D eigenvalue weighted by atomic mass is 10.1. The summed E-state index contributed by atoms with van der Waals surface area (Å²) in [6, 6.07) is 11.2. The highest BCUT2D eigenvalue weighted by atomic mass is 16.5. The molecule has 0 aromatic heterocycles. The summed E-state index contributed by atoms with van der Waals surface area (Å²) in [6.45, 7) is 1.41. The van der Waals surface area contributed by atoms with Gasteiger partial charge in [-0.3, -0.25) is 4.90 Å². The van der Waals surface area contributed by atoms with Crippen LogP contribution >= 0.6 is 0 Å². The van der Waals surface area contributed by atoms with Crippen LogP contribution in [-0.4, -0.2) is 30.1 Å². The molecule has 1 heterocycles. The van der Waals surface area contributed by atoms with Crippen molar-refractivity contribution < 1.29 is 4.74 Å². The maximum Gasteiger partial charge on any atom is 0.123 e. The zero-order valence-electron chi connectivity index (χ0n) is 11.2. The molecule has 1 aliphatic carbocycles. The zero-order chi connectivity index (χ0) is 13.1. The van der Waals surface area contributed by atoms with Crippen molar-refractivity contribution in [2.45, 2.75) is 44.2 Å². The highest BCUT2D eigenvalue weighted by molar-refractivity contribution is 5.37. The summed E-state index contributed by atoms with van der Waals surface area (Å²) >= 11 is 0. The third-order valence-corrected chi connectivity index (χ3v) is 4.27. The van der Waals surface area contributed by atoms with E-state index >= 15 is 0 Å². The Bertz CT molecular complexity index is 449. The van der Waals surface area contributed by atoms with Crippen molar-refractivity contribution in [3.63, 3.8) is 0 Å². The second-order valence-electron chi connectivity index (χ2n) is 5.58. The molecular weight excluding hydrogens is 236 g/mol. The molecule has 3 heteroatoms. The molecule has 1 saturated carbocycles. The Morgan fingerprint density at radius 3 is 2.79 bits per heavy atom. The van der Waals surface area contributed by atoms with Gasteiger partial charge in [-0.25, -0.2) is 0 Å². The first kappa shape index (κ1) is 12.5. The Hall–Kier alpha value is -1.53. The fourth-order valence-corrected chi connectivity index (χ4v) is 3.32. The van der Waals surface area contributed by atoms with Gasteiger partial charge in [0.25, 0.3) is 0 Å². The van der Waals surface area contributed by atoms with Crippen LogP contribution in [0.2, 0.25) is 0 Å². The van der Waals surface area contributed by atoms with Crippen LogP contribution in [0.1, 0.15) is 31.2 Å². The molecule has 2 aliphatic rings. The smallest absolute Gasteiger partial charge is 0.123 e.